The first kappa shape index (κ1) is 14.3. The number of anilines is 1. The summed E-state index contributed by atoms with van der Waals surface area (Å²) < 4.78 is 40.4. The van der Waals surface area contributed by atoms with E-state index in [0.29, 0.717) is 5.69 Å². The van der Waals surface area contributed by atoms with Crippen LogP contribution in [0.25, 0.3) is 0 Å². The van der Waals surface area contributed by atoms with Gasteiger partial charge in [0.2, 0.25) is 5.91 Å². The lowest BCUT2D eigenvalue weighted by atomic mass is 10.3. The fraction of sp³-hybridized carbons (Fsp3) is 0.364. The van der Waals surface area contributed by atoms with Gasteiger partial charge >= 0.3 is 6.18 Å². The number of benzene rings is 1. The molecule has 0 fully saturated rings. The second-order valence-electron chi connectivity index (χ2n) is 3.52. The first-order valence-electron chi connectivity index (χ1n) is 5.20. The predicted molar refractivity (Wildman–Crippen MR) is 60.3 cm³/mol. The van der Waals surface area contributed by atoms with E-state index in [1.165, 1.54) is 18.2 Å². The molecule has 100 valence electrons. The van der Waals surface area contributed by atoms with E-state index >= 15 is 0 Å². The number of hydrogen-bond acceptors (Lipinski definition) is 3. The van der Waals surface area contributed by atoms with Gasteiger partial charge in [0, 0.05) is 24.7 Å². The normalized spacial score (nSPS) is 11.1. The van der Waals surface area contributed by atoms with Gasteiger partial charge < -0.3 is 15.8 Å². The zero-order chi connectivity index (χ0) is 13.6. The van der Waals surface area contributed by atoms with Crippen molar-refractivity contribution >= 4 is 11.6 Å². The zero-order valence-electron chi connectivity index (χ0n) is 9.46. The summed E-state index contributed by atoms with van der Waals surface area (Å²) in [7, 11) is 0. The molecule has 0 atom stereocenters. The quantitative estimate of drug-likeness (QED) is 0.852. The number of alkyl halides is 3. The van der Waals surface area contributed by atoms with Crippen LogP contribution in [0.5, 0.6) is 5.75 Å². The van der Waals surface area contributed by atoms with Crippen molar-refractivity contribution in [3.8, 4) is 5.75 Å². The van der Waals surface area contributed by atoms with Crippen molar-refractivity contribution in [2.45, 2.75) is 12.6 Å². The molecule has 1 rings (SSSR count). The lowest BCUT2D eigenvalue weighted by Gasteiger charge is -2.10. The molecule has 18 heavy (non-hydrogen) atoms. The molecule has 0 aromatic heterocycles. The molecule has 0 bridgehead atoms. The van der Waals surface area contributed by atoms with Gasteiger partial charge in [-0.3, -0.25) is 4.79 Å². The van der Waals surface area contributed by atoms with E-state index < -0.39 is 12.8 Å². The SMILES string of the molecule is NCCC(=O)Nc1cccc(OCC(F)(F)F)c1. The Bertz CT molecular complexity index is 408. The summed E-state index contributed by atoms with van der Waals surface area (Å²) >= 11 is 0. The molecule has 0 unspecified atom stereocenters. The van der Waals surface area contributed by atoms with Gasteiger partial charge in [-0.1, -0.05) is 6.07 Å². The third-order valence-corrected chi connectivity index (χ3v) is 1.89. The van der Waals surface area contributed by atoms with Crippen LogP contribution in [0.2, 0.25) is 0 Å². The topological polar surface area (TPSA) is 64.4 Å². The summed E-state index contributed by atoms with van der Waals surface area (Å²) in [5.74, 6) is -0.261. The Morgan fingerprint density at radius 1 is 1.39 bits per heavy atom. The van der Waals surface area contributed by atoms with Crippen molar-refractivity contribution in [2.75, 3.05) is 18.5 Å². The van der Waals surface area contributed by atoms with Gasteiger partial charge in [0.05, 0.1) is 0 Å². The Balaban J connectivity index is 2.59. The first-order chi connectivity index (χ1) is 8.40. The van der Waals surface area contributed by atoms with E-state index in [4.69, 9.17) is 5.73 Å². The van der Waals surface area contributed by atoms with E-state index in [-0.39, 0.29) is 24.6 Å². The van der Waals surface area contributed by atoms with Gasteiger partial charge in [-0.25, -0.2) is 0 Å². The number of ether oxygens (including phenoxy) is 1. The van der Waals surface area contributed by atoms with Gasteiger partial charge in [0.1, 0.15) is 5.75 Å². The number of rotatable bonds is 5. The molecule has 3 N–H and O–H groups in total. The lowest BCUT2D eigenvalue weighted by Crippen LogP contribution is -2.19. The third-order valence-electron chi connectivity index (χ3n) is 1.89. The number of halogens is 3. The molecule has 0 aliphatic carbocycles. The molecule has 4 nitrogen and oxygen atoms in total. The highest BCUT2D eigenvalue weighted by Gasteiger charge is 2.28. The molecule has 0 radical (unpaired) electrons. The van der Waals surface area contributed by atoms with Crippen molar-refractivity contribution < 1.29 is 22.7 Å². The van der Waals surface area contributed by atoms with Crippen molar-refractivity contribution in [3.63, 3.8) is 0 Å². The van der Waals surface area contributed by atoms with Crippen LogP contribution in [0, 0.1) is 0 Å². The maximum absolute atomic E-state index is 11.9. The van der Waals surface area contributed by atoms with Crippen molar-refractivity contribution in [1.82, 2.24) is 0 Å². The lowest BCUT2D eigenvalue weighted by molar-refractivity contribution is -0.153. The monoisotopic (exact) mass is 262 g/mol. The summed E-state index contributed by atoms with van der Waals surface area (Å²) in [6.07, 6.45) is -4.24. The second kappa shape index (κ2) is 6.25. The molecule has 0 heterocycles. The maximum Gasteiger partial charge on any atom is 0.422 e. The molecular formula is C11H13F3N2O2. The Kier molecular flexibility index (Phi) is 4.96. The zero-order valence-corrected chi connectivity index (χ0v) is 9.46. The second-order valence-corrected chi connectivity index (χ2v) is 3.52. The fourth-order valence-electron chi connectivity index (χ4n) is 1.18. The molecule has 0 saturated carbocycles. The molecule has 0 spiro atoms. The van der Waals surface area contributed by atoms with E-state index in [9.17, 15) is 18.0 Å². The molecule has 0 aliphatic rings. The average Bonchev–Trinajstić information content (AvgIpc) is 2.26. The smallest absolute Gasteiger partial charge is 0.422 e. The van der Waals surface area contributed by atoms with Crippen LogP contribution in [-0.4, -0.2) is 25.2 Å². The number of hydrogen-bond donors (Lipinski definition) is 2. The van der Waals surface area contributed by atoms with Gasteiger partial charge in [-0.15, -0.1) is 0 Å². The Labute approximate surface area is 102 Å². The Morgan fingerprint density at radius 2 is 2.11 bits per heavy atom. The van der Waals surface area contributed by atoms with Crippen molar-refractivity contribution in [2.24, 2.45) is 5.73 Å². The molecule has 1 amide bonds. The number of nitrogens with one attached hydrogen (secondary N) is 1. The highest BCUT2D eigenvalue weighted by Crippen LogP contribution is 2.21. The van der Waals surface area contributed by atoms with Crippen LogP contribution in [0.1, 0.15) is 6.42 Å². The van der Waals surface area contributed by atoms with E-state index in [1.807, 2.05) is 0 Å². The standard InChI is InChI=1S/C11H13F3N2O2/c12-11(13,14)7-18-9-3-1-2-8(6-9)16-10(17)4-5-15/h1-3,6H,4-5,7,15H2,(H,16,17). The van der Waals surface area contributed by atoms with Gasteiger partial charge in [-0.2, -0.15) is 13.2 Å². The van der Waals surface area contributed by atoms with Gasteiger partial charge in [0.25, 0.3) is 0 Å². The summed E-state index contributed by atoms with van der Waals surface area (Å²) in [4.78, 5) is 11.2. The van der Waals surface area contributed by atoms with E-state index in [2.05, 4.69) is 10.1 Å². The molecule has 1 aromatic rings. The van der Waals surface area contributed by atoms with Crippen LogP contribution in [0.4, 0.5) is 18.9 Å². The Hall–Kier alpha value is -1.76. The minimum Gasteiger partial charge on any atom is -0.484 e. The van der Waals surface area contributed by atoms with Gasteiger partial charge in [-0.05, 0) is 12.1 Å². The number of carbonyl (C=O) groups is 1. The molecule has 1 aromatic carbocycles. The Morgan fingerprint density at radius 3 is 2.72 bits per heavy atom. The highest BCUT2D eigenvalue weighted by atomic mass is 19.4. The molecular weight excluding hydrogens is 249 g/mol. The number of carbonyl (C=O) groups excluding carboxylic acids is 1. The molecule has 0 aliphatic heterocycles. The van der Waals surface area contributed by atoms with Crippen molar-refractivity contribution in [1.29, 1.82) is 0 Å². The fourth-order valence-corrected chi connectivity index (χ4v) is 1.18. The summed E-state index contributed by atoms with van der Waals surface area (Å²) in [6, 6.07) is 5.74. The largest absolute Gasteiger partial charge is 0.484 e. The van der Waals surface area contributed by atoms with Crippen LogP contribution >= 0.6 is 0 Å². The van der Waals surface area contributed by atoms with Crippen LogP contribution in [0.15, 0.2) is 24.3 Å². The summed E-state index contributed by atoms with van der Waals surface area (Å²) in [5, 5.41) is 2.50. The minimum atomic E-state index is -4.39. The highest BCUT2D eigenvalue weighted by molar-refractivity contribution is 5.90. The third kappa shape index (κ3) is 5.53. The average molecular weight is 262 g/mol. The number of nitrogens with two attached hydrogens (primary N) is 1. The predicted octanol–water partition coefficient (Wildman–Crippen LogP) is 1.91. The van der Waals surface area contributed by atoms with Crippen LogP contribution < -0.4 is 15.8 Å². The summed E-state index contributed by atoms with van der Waals surface area (Å²) in [6.45, 7) is -1.16. The number of amides is 1. The van der Waals surface area contributed by atoms with E-state index in [0.717, 1.165) is 0 Å². The molecule has 0 saturated heterocycles. The molecule has 7 heteroatoms. The maximum atomic E-state index is 11.9. The minimum absolute atomic E-state index is 0.0397. The van der Waals surface area contributed by atoms with Crippen molar-refractivity contribution in [3.05, 3.63) is 24.3 Å². The van der Waals surface area contributed by atoms with E-state index in [1.54, 1.807) is 6.07 Å². The van der Waals surface area contributed by atoms with Crippen LogP contribution in [-0.2, 0) is 4.79 Å². The summed E-state index contributed by atoms with van der Waals surface area (Å²) in [5.41, 5.74) is 5.57. The van der Waals surface area contributed by atoms with Gasteiger partial charge in [0.15, 0.2) is 6.61 Å². The van der Waals surface area contributed by atoms with Crippen LogP contribution in [0.3, 0.4) is 0 Å². The first-order valence-corrected chi connectivity index (χ1v) is 5.20.